The van der Waals surface area contributed by atoms with E-state index in [1.54, 1.807) is 18.7 Å². The molecule has 0 aliphatic carbocycles. The van der Waals surface area contributed by atoms with E-state index in [0.29, 0.717) is 120 Å². The summed E-state index contributed by atoms with van der Waals surface area (Å²) >= 11 is 0. The molecule has 141 heavy (non-hydrogen) atoms. The van der Waals surface area contributed by atoms with Crippen molar-refractivity contribution in [1.29, 1.82) is 0 Å². The molecule has 7 N–H and O–H groups in total. The number of ether oxygens (including phenoxy) is 7. The second-order valence-electron chi connectivity index (χ2n) is 45.3. The molecule has 0 saturated carbocycles. The van der Waals surface area contributed by atoms with E-state index in [-0.39, 0.29) is 202 Å². The van der Waals surface area contributed by atoms with E-state index in [4.69, 9.17) is 60.3 Å². The van der Waals surface area contributed by atoms with Crippen LogP contribution in [0.1, 0.15) is 339 Å². The summed E-state index contributed by atoms with van der Waals surface area (Å²) in [4.78, 5) is 108. The number of likely N-dealkylation sites (tertiary alicyclic amines) is 7. The number of phosphoric acid groups is 2. The zero-order valence-electron chi connectivity index (χ0n) is 94.6. The van der Waals surface area contributed by atoms with Crippen molar-refractivity contribution in [1.82, 2.24) is 55.6 Å². The Morgan fingerprint density at radius 1 is 0.376 bits per heavy atom. The van der Waals surface area contributed by atoms with Crippen LogP contribution >= 0.6 is 23.2 Å². The SMILES string of the molecule is C=P(O)(OCC1CC(OC(C)C)CN1C(C)C)OC1CC(CC)N(C(C)C)C1.CC(C)CCC(=O)N1C[C@H](OC(C)C)C[C@H]1COC(C)C.CC(C)CCCC(=O)NC1CC(COC(C)C)N(C(=O)CCNC(C)C)C1.CC(C)NC1CC(COP(=O)(O)OCC(COP(=O)(O)OCC2CC(NC(C)C)CN2C(C)C)OC(C)C)N(C(C)C)C1.CC(C)OC[C@@H]1C[C@@H](OC(C)C)CN1C(=O)CC(=O)C(C)C. The van der Waals surface area contributed by atoms with Crippen LogP contribution in [0.2, 0.25) is 0 Å². The number of carbonyl (C=O) groups is 5. The summed E-state index contributed by atoms with van der Waals surface area (Å²) in [5, 5.41) is 13.5. The molecule has 0 aromatic rings. The van der Waals surface area contributed by atoms with Crippen LogP contribution in [0.5, 0.6) is 0 Å². The molecule has 7 fully saturated rings. The predicted molar refractivity (Wildman–Crippen MR) is 567 cm³/mol. The van der Waals surface area contributed by atoms with Crippen LogP contribution in [0.4, 0.5) is 0 Å². The average Bonchev–Trinajstić information content (AvgIpc) is 1.71. The maximum atomic E-state index is 12.8. The van der Waals surface area contributed by atoms with Gasteiger partial charge in [0.2, 0.25) is 31.2 Å². The lowest BCUT2D eigenvalue weighted by atomic mass is 10.1. The molecule has 7 aliphatic heterocycles. The third-order valence-corrected chi connectivity index (χ3v) is 28.8. The topological polar surface area (TPSA) is 371 Å². The normalized spacial score (nSPS) is 25.5. The average molecular weight is 2070 g/mol. The molecule has 37 heteroatoms. The fraction of sp³-hybridized carbons (Fsp3) is 0.942. The second-order valence-corrected chi connectivity index (χ2v) is 49.9. The molecule has 7 rings (SSSR count). The molecule has 7 saturated heterocycles. The van der Waals surface area contributed by atoms with Gasteiger partial charge in [-0.3, -0.25) is 61.7 Å². The van der Waals surface area contributed by atoms with Gasteiger partial charge in [-0.25, -0.2) is 9.13 Å². The molecule has 0 radical (unpaired) electrons. The van der Waals surface area contributed by atoms with Crippen LogP contribution < -0.4 is 21.3 Å². The maximum Gasteiger partial charge on any atom is 0.472 e. The van der Waals surface area contributed by atoms with E-state index in [9.17, 15) is 47.8 Å². The molecule has 13 unspecified atom stereocenters. The first-order chi connectivity index (χ1) is 65.6. The zero-order valence-corrected chi connectivity index (χ0v) is 97.3. The second kappa shape index (κ2) is 66.9. The lowest BCUT2D eigenvalue weighted by molar-refractivity contribution is -0.138. The van der Waals surface area contributed by atoms with Gasteiger partial charge in [0.1, 0.15) is 11.9 Å². The number of hydrogen-bond donors (Lipinski definition) is 7. The summed E-state index contributed by atoms with van der Waals surface area (Å²) < 4.78 is 99.4. The molecule has 7 heterocycles. The fourth-order valence-electron chi connectivity index (χ4n) is 19.2. The van der Waals surface area contributed by atoms with Crippen molar-refractivity contribution in [2.24, 2.45) is 17.8 Å². The highest BCUT2D eigenvalue weighted by Gasteiger charge is 2.45. The highest BCUT2D eigenvalue weighted by molar-refractivity contribution is 7.58. The molecule has 0 aromatic heterocycles. The van der Waals surface area contributed by atoms with E-state index < -0.39 is 29.3 Å². The number of phosphoric ester groups is 2. The lowest BCUT2D eigenvalue weighted by Crippen LogP contribution is -2.41. The number of carbonyl (C=O) groups excluding carboxylic acids is 5. The van der Waals surface area contributed by atoms with Crippen molar-refractivity contribution in [3.05, 3.63) is 0 Å². The van der Waals surface area contributed by atoms with Gasteiger partial charge in [0.05, 0.1) is 145 Å². The van der Waals surface area contributed by atoms with Crippen molar-refractivity contribution in [2.75, 3.05) is 105 Å². The Kier molecular flexibility index (Phi) is 62.9. The Bertz CT molecular complexity index is 3540. The molecular weight excluding hydrogens is 1860 g/mol. The lowest BCUT2D eigenvalue weighted by Gasteiger charge is -2.30. The smallest absolute Gasteiger partial charge is 0.377 e. The summed E-state index contributed by atoms with van der Waals surface area (Å²) in [7, 11) is -11.9. The molecule has 34 nitrogen and oxygen atoms in total. The maximum absolute atomic E-state index is 12.8. The van der Waals surface area contributed by atoms with Gasteiger partial charge in [0, 0.05) is 162 Å². The van der Waals surface area contributed by atoms with Crippen molar-refractivity contribution in [2.45, 2.75) is 515 Å². The van der Waals surface area contributed by atoms with Gasteiger partial charge < -0.3 is 92.9 Å². The number of rotatable bonds is 58. The number of hydrogen-bond acceptors (Lipinski definition) is 28. The van der Waals surface area contributed by atoms with Gasteiger partial charge in [-0.15, -0.1) is 0 Å². The number of ketones is 1. The monoisotopic (exact) mass is 2070 g/mol. The van der Waals surface area contributed by atoms with E-state index in [2.05, 4.69) is 193 Å². The number of Topliss-reactive ketones (excluding diaryl/α,β-unsaturated/α-hetero) is 1. The van der Waals surface area contributed by atoms with Gasteiger partial charge in [0.25, 0.3) is 0 Å². The summed E-state index contributed by atoms with van der Waals surface area (Å²) in [5.41, 5.74) is 0. The van der Waals surface area contributed by atoms with Gasteiger partial charge in [-0.1, -0.05) is 96.4 Å². The Balaban J connectivity index is 0.000000466. The van der Waals surface area contributed by atoms with E-state index in [1.807, 2.05) is 92.9 Å². The van der Waals surface area contributed by atoms with Crippen LogP contribution in [0, 0.1) is 17.8 Å². The number of nitrogens with zero attached hydrogens (tertiary/aromatic N) is 7. The molecule has 7 aliphatic rings. The Labute approximate surface area is 855 Å². The van der Waals surface area contributed by atoms with Gasteiger partial charge in [-0.05, 0) is 235 Å². The van der Waals surface area contributed by atoms with E-state index in [0.717, 1.165) is 96.8 Å². The van der Waals surface area contributed by atoms with Crippen LogP contribution in [0.25, 0.3) is 0 Å². The summed E-state index contributed by atoms with van der Waals surface area (Å²) in [5.74, 6) is 1.43. The molecular formula is C104H208N11O23P3. The van der Waals surface area contributed by atoms with Crippen molar-refractivity contribution >= 4 is 58.9 Å². The minimum Gasteiger partial charge on any atom is -0.377 e. The van der Waals surface area contributed by atoms with E-state index >= 15 is 0 Å². The first kappa shape index (κ1) is 133. The minimum absolute atomic E-state index is 0.00128. The zero-order chi connectivity index (χ0) is 107. The van der Waals surface area contributed by atoms with Crippen molar-refractivity contribution in [3.63, 3.8) is 0 Å². The van der Waals surface area contributed by atoms with Gasteiger partial charge in [0.15, 0.2) is 0 Å². The van der Waals surface area contributed by atoms with Gasteiger partial charge in [-0.2, -0.15) is 0 Å². The molecule has 0 spiro atoms. The molecule has 0 bridgehead atoms. The van der Waals surface area contributed by atoms with Crippen molar-refractivity contribution in [3.8, 4) is 0 Å². The minimum atomic E-state index is -4.43. The van der Waals surface area contributed by atoms with Gasteiger partial charge >= 0.3 is 15.6 Å². The summed E-state index contributed by atoms with van der Waals surface area (Å²) in [6, 6.07) is 3.86. The Morgan fingerprint density at radius 2 is 0.745 bits per heavy atom. The van der Waals surface area contributed by atoms with Crippen LogP contribution in [-0.2, 0) is 93.4 Å². The van der Waals surface area contributed by atoms with Crippen LogP contribution in [0.3, 0.4) is 0 Å². The third kappa shape index (κ3) is 54.8. The summed E-state index contributed by atoms with van der Waals surface area (Å²) in [6.07, 6.45) is 15.6. The van der Waals surface area contributed by atoms with Crippen LogP contribution in [0.15, 0.2) is 0 Å². The molecule has 17 atom stereocenters. The van der Waals surface area contributed by atoms with Crippen LogP contribution in [-0.4, -0.2) is 366 Å². The fourth-order valence-corrected chi connectivity index (χ4v) is 21.9. The van der Waals surface area contributed by atoms with E-state index in [1.165, 1.54) is 0 Å². The molecule has 0 aromatic carbocycles. The predicted octanol–water partition coefficient (Wildman–Crippen LogP) is 15.9. The molecule has 832 valence electrons. The number of nitrogens with one attached hydrogen (secondary N) is 4. The summed E-state index contributed by atoms with van der Waals surface area (Å²) in [6.45, 7) is 79.3. The third-order valence-electron chi connectivity index (χ3n) is 25.7. The molecule has 4 amide bonds. The largest absolute Gasteiger partial charge is 0.472 e. The first-order valence-corrected chi connectivity index (χ1v) is 58.8. The van der Waals surface area contributed by atoms with Crippen molar-refractivity contribution < 1.29 is 108 Å². The highest BCUT2D eigenvalue weighted by atomic mass is 31.2. The Morgan fingerprint density at radius 3 is 1.13 bits per heavy atom. The Hall–Kier alpha value is -2.61. The highest BCUT2D eigenvalue weighted by Crippen LogP contribution is 2.49. The number of amides is 4. The quantitative estimate of drug-likeness (QED) is 0.0220. The standard InChI is InChI=1S/C28H60N4O9P2.C21H41N3O3.C21H43N2O4P.C17H31NO4.C17H33NO3/c1-19(2)29-24-11-26(31(13-24)21(5)6)15-37-42(33,34)39-17-28(41-23(9)10)18-40-43(35,36)38-16-27-12-25(30-20(3)4)14-32(27)22(7)8;1-15(2)8-7-9-20(25)23-18-12-19(14-27-17(5)6)24(13-18)21(26)10-11-22-16(3)4;1-9-18-10-21(13-22(18)15(2)3)27-28(8,24)25-14-19-11-20(26-17(6)7)12-23(19)16(4)5;1-11(2)16(19)8-17(20)18-9-15(22-13(5)6)7-14(18)10-21-12(3)4;1-12(2)7-8-17(19)18-10-16(21-14(5)6)9-15(18)11-20-13(3)4/h19-30H,11-18H2,1-10H3,(H,33,34)(H,35,36);15-19,22H,7-14H2,1-6H3,(H,23,25);15-21,24H,8-14H2,1-7H3;11-15H,7-10H2,1-6H3;12-16H,7-11H2,1-6H3/t;;;14-,15+;15-,16+/m...00/s1. The first-order valence-electron chi connectivity index (χ1n) is 54.1.